The van der Waals surface area contributed by atoms with Gasteiger partial charge in [-0.25, -0.2) is 9.59 Å². The number of aromatic nitrogens is 1. The molecule has 0 aliphatic heterocycles. The van der Waals surface area contributed by atoms with Gasteiger partial charge in [-0.2, -0.15) is 13.2 Å². The van der Waals surface area contributed by atoms with Crippen molar-refractivity contribution >= 4 is 12.1 Å². The van der Waals surface area contributed by atoms with Gasteiger partial charge in [-0.15, -0.1) is 0 Å². The van der Waals surface area contributed by atoms with Crippen molar-refractivity contribution in [3.8, 4) is 0 Å². The Kier molecular flexibility index (Phi) is 6.39. The fourth-order valence-electron chi connectivity index (χ4n) is 2.03. The highest BCUT2D eigenvalue weighted by molar-refractivity contribution is 5.80. The third-order valence-electron chi connectivity index (χ3n) is 3.26. The summed E-state index contributed by atoms with van der Waals surface area (Å²) in [5.41, 5.74) is -1.55. The van der Waals surface area contributed by atoms with Gasteiger partial charge < -0.3 is 9.84 Å². The normalized spacial score (nSPS) is 13.2. The third-order valence-corrected chi connectivity index (χ3v) is 3.26. The predicted octanol–water partition coefficient (Wildman–Crippen LogP) is 3.35. The molecule has 0 saturated carbocycles. The van der Waals surface area contributed by atoms with Crippen molar-refractivity contribution in [3.05, 3.63) is 29.6 Å². The van der Waals surface area contributed by atoms with Crippen LogP contribution >= 0.6 is 0 Å². The van der Waals surface area contributed by atoms with Gasteiger partial charge in [0.2, 0.25) is 0 Å². The van der Waals surface area contributed by atoms with Gasteiger partial charge in [-0.05, 0) is 51.3 Å². The number of carboxylic acid groups (broad SMARTS) is 1. The highest BCUT2D eigenvalue weighted by Gasteiger charge is 2.33. The van der Waals surface area contributed by atoms with Gasteiger partial charge in [-0.3, -0.25) is 9.88 Å². The topological polar surface area (TPSA) is 79.7 Å². The molecule has 1 atom stereocenters. The number of carbonyl (C=O) groups is 2. The zero-order chi connectivity index (χ0) is 19.4. The summed E-state index contributed by atoms with van der Waals surface area (Å²) < 4.78 is 43.1. The zero-order valence-electron chi connectivity index (χ0n) is 14.4. The van der Waals surface area contributed by atoms with Crippen molar-refractivity contribution in [2.75, 3.05) is 7.05 Å². The number of halogens is 3. The molecule has 1 N–H and O–H groups in total. The Morgan fingerprint density at radius 1 is 1.32 bits per heavy atom. The molecular weight excluding hydrogens is 341 g/mol. The highest BCUT2D eigenvalue weighted by atomic mass is 19.4. The number of aryl methyl sites for hydroxylation is 1. The molecule has 25 heavy (non-hydrogen) atoms. The molecule has 0 spiro atoms. The molecule has 1 aromatic heterocycles. The molecule has 9 heteroatoms. The first kappa shape index (κ1) is 20.7. The molecule has 1 aromatic rings. The lowest BCUT2D eigenvalue weighted by Crippen LogP contribution is -2.45. The molecule has 1 heterocycles. The van der Waals surface area contributed by atoms with Crippen LogP contribution in [0.5, 0.6) is 0 Å². The third kappa shape index (κ3) is 6.60. The van der Waals surface area contributed by atoms with Gasteiger partial charge in [0.05, 0.1) is 0 Å². The first-order valence-electron chi connectivity index (χ1n) is 7.52. The number of ether oxygens (including phenoxy) is 1. The fraction of sp³-hybridized carbons (Fsp3) is 0.562. The van der Waals surface area contributed by atoms with E-state index in [2.05, 4.69) is 4.98 Å². The van der Waals surface area contributed by atoms with E-state index < -0.39 is 35.6 Å². The second-order valence-electron chi connectivity index (χ2n) is 6.53. The maximum Gasteiger partial charge on any atom is 0.433 e. The minimum atomic E-state index is -4.57. The van der Waals surface area contributed by atoms with Crippen molar-refractivity contribution in [2.45, 2.75) is 51.4 Å². The van der Waals surface area contributed by atoms with Crippen LogP contribution in [0.2, 0.25) is 0 Å². The number of pyridine rings is 1. The Bertz CT molecular complexity index is 627. The van der Waals surface area contributed by atoms with Crippen LogP contribution < -0.4 is 0 Å². The van der Waals surface area contributed by atoms with Crippen molar-refractivity contribution in [1.82, 2.24) is 9.88 Å². The molecule has 0 aliphatic rings. The first-order chi connectivity index (χ1) is 11.3. The fourth-order valence-corrected chi connectivity index (χ4v) is 2.03. The Hall–Kier alpha value is -2.32. The Labute approximate surface area is 143 Å². The van der Waals surface area contributed by atoms with E-state index in [0.29, 0.717) is 0 Å². The van der Waals surface area contributed by atoms with Gasteiger partial charge in [0.1, 0.15) is 17.3 Å². The van der Waals surface area contributed by atoms with Crippen LogP contribution in [0.4, 0.5) is 18.0 Å². The first-order valence-corrected chi connectivity index (χ1v) is 7.52. The average Bonchev–Trinajstić information content (AvgIpc) is 2.44. The number of likely N-dealkylation sites (N-methyl/N-ethyl adjacent to an activating group) is 1. The lowest BCUT2D eigenvalue weighted by atomic mass is 10.0. The zero-order valence-corrected chi connectivity index (χ0v) is 14.4. The van der Waals surface area contributed by atoms with Crippen molar-refractivity contribution in [1.29, 1.82) is 0 Å². The van der Waals surface area contributed by atoms with E-state index in [-0.39, 0.29) is 18.4 Å². The number of hydrogen-bond donors (Lipinski definition) is 1. The van der Waals surface area contributed by atoms with Crippen LogP contribution in [0.15, 0.2) is 18.3 Å². The minimum absolute atomic E-state index is 0.0374. The standard InChI is InChI=1S/C16H21F3N2O4/c1-15(2,3)25-14(24)21(4)11(13(22)23)6-5-10-7-8-20-12(9-10)16(17,18)19/h7-9,11H,5-6H2,1-4H3,(H,22,23)/t11-/m0/s1. The molecule has 0 aliphatic carbocycles. The summed E-state index contributed by atoms with van der Waals surface area (Å²) >= 11 is 0. The lowest BCUT2D eigenvalue weighted by molar-refractivity contribution is -0.143. The van der Waals surface area contributed by atoms with Crippen LogP contribution in [0.1, 0.15) is 38.4 Å². The van der Waals surface area contributed by atoms with Crippen LogP contribution in [0, 0.1) is 0 Å². The Balaban J connectivity index is 2.83. The van der Waals surface area contributed by atoms with Crippen molar-refractivity contribution in [2.24, 2.45) is 0 Å². The molecule has 0 saturated heterocycles. The Morgan fingerprint density at radius 2 is 1.92 bits per heavy atom. The summed E-state index contributed by atoms with van der Waals surface area (Å²) in [4.78, 5) is 27.6. The number of amides is 1. The molecule has 6 nitrogen and oxygen atoms in total. The van der Waals surface area contributed by atoms with Crippen LogP contribution in [0.25, 0.3) is 0 Å². The summed E-state index contributed by atoms with van der Waals surface area (Å²) in [6.45, 7) is 4.93. The molecule has 140 valence electrons. The predicted molar refractivity (Wildman–Crippen MR) is 83.0 cm³/mol. The summed E-state index contributed by atoms with van der Waals surface area (Å²) in [5, 5.41) is 9.31. The van der Waals surface area contributed by atoms with Gasteiger partial charge in [0.15, 0.2) is 0 Å². The summed E-state index contributed by atoms with van der Waals surface area (Å²) in [6.07, 6.45) is -4.39. The maximum atomic E-state index is 12.7. The van der Waals surface area contributed by atoms with E-state index in [0.717, 1.165) is 17.2 Å². The minimum Gasteiger partial charge on any atom is -0.480 e. The van der Waals surface area contributed by atoms with E-state index in [1.807, 2.05) is 0 Å². The molecule has 0 fully saturated rings. The molecular formula is C16H21F3N2O4. The lowest BCUT2D eigenvalue weighted by Gasteiger charge is -2.28. The number of carbonyl (C=O) groups excluding carboxylic acids is 1. The van der Waals surface area contributed by atoms with Gasteiger partial charge in [0, 0.05) is 13.2 Å². The number of rotatable bonds is 5. The molecule has 0 bridgehead atoms. The number of hydrogen-bond acceptors (Lipinski definition) is 4. The quantitative estimate of drug-likeness (QED) is 0.869. The largest absolute Gasteiger partial charge is 0.480 e. The van der Waals surface area contributed by atoms with E-state index in [1.165, 1.54) is 13.1 Å². The molecule has 0 radical (unpaired) electrons. The van der Waals surface area contributed by atoms with Gasteiger partial charge >= 0.3 is 18.2 Å². The molecule has 1 amide bonds. The van der Waals surface area contributed by atoms with E-state index >= 15 is 0 Å². The number of alkyl halides is 3. The number of nitrogens with zero attached hydrogens (tertiary/aromatic N) is 2. The monoisotopic (exact) mass is 362 g/mol. The smallest absolute Gasteiger partial charge is 0.433 e. The van der Waals surface area contributed by atoms with Crippen molar-refractivity contribution in [3.63, 3.8) is 0 Å². The molecule has 0 aromatic carbocycles. The summed E-state index contributed by atoms with van der Waals surface area (Å²) in [5.74, 6) is -1.27. The van der Waals surface area contributed by atoms with Gasteiger partial charge in [0.25, 0.3) is 0 Å². The number of aliphatic carboxylic acids is 1. The summed E-state index contributed by atoms with van der Waals surface area (Å²) in [6, 6.07) is 1.02. The summed E-state index contributed by atoms with van der Waals surface area (Å²) in [7, 11) is 1.28. The van der Waals surface area contributed by atoms with Crippen LogP contribution in [0.3, 0.4) is 0 Å². The Morgan fingerprint density at radius 3 is 2.40 bits per heavy atom. The van der Waals surface area contributed by atoms with E-state index in [9.17, 15) is 27.9 Å². The van der Waals surface area contributed by atoms with Crippen LogP contribution in [-0.2, 0) is 22.1 Å². The highest BCUT2D eigenvalue weighted by Crippen LogP contribution is 2.28. The van der Waals surface area contributed by atoms with Gasteiger partial charge in [-0.1, -0.05) is 0 Å². The van der Waals surface area contributed by atoms with Crippen molar-refractivity contribution < 1.29 is 32.6 Å². The average molecular weight is 362 g/mol. The maximum absolute atomic E-state index is 12.7. The van der Waals surface area contributed by atoms with E-state index in [4.69, 9.17) is 4.74 Å². The number of carboxylic acids is 1. The SMILES string of the molecule is CN(C(=O)OC(C)(C)C)[C@@H](CCc1ccnc(C(F)(F)F)c1)C(=O)O. The van der Waals surface area contributed by atoms with E-state index in [1.54, 1.807) is 20.8 Å². The second-order valence-corrected chi connectivity index (χ2v) is 6.53. The molecule has 1 rings (SSSR count). The van der Waals surface area contributed by atoms with Crippen LogP contribution in [-0.4, -0.2) is 45.7 Å². The molecule has 0 unspecified atom stereocenters. The second kappa shape index (κ2) is 7.71.